The van der Waals surface area contributed by atoms with Crippen LogP contribution in [0.3, 0.4) is 0 Å². The molecule has 19 heavy (non-hydrogen) atoms. The van der Waals surface area contributed by atoms with Gasteiger partial charge in [0.05, 0.1) is 10.6 Å². The molecule has 0 aliphatic heterocycles. The zero-order valence-electron chi connectivity index (χ0n) is 11.1. The molecule has 0 atom stereocenters. The summed E-state index contributed by atoms with van der Waals surface area (Å²) in [7, 11) is 0. The summed E-state index contributed by atoms with van der Waals surface area (Å²) in [6.07, 6.45) is 7.56. The van der Waals surface area contributed by atoms with Gasteiger partial charge in [-0.1, -0.05) is 31.4 Å². The van der Waals surface area contributed by atoms with Crippen molar-refractivity contribution in [2.45, 2.75) is 39.0 Å². The molecule has 104 valence electrons. The highest BCUT2D eigenvalue weighted by molar-refractivity contribution is 6.33. The number of anilines is 1. The molecule has 2 N–H and O–H groups in total. The Kier molecular flexibility index (Phi) is 4.30. The van der Waals surface area contributed by atoms with Gasteiger partial charge >= 0.3 is 5.97 Å². The van der Waals surface area contributed by atoms with Crippen LogP contribution in [0.4, 0.5) is 5.82 Å². The molecule has 0 aromatic carbocycles. The SMILES string of the molecule is CCC1(CNc2cc(C(=O)O)c(Cl)cn2)CCCC1. The molecule has 0 unspecified atom stereocenters. The van der Waals surface area contributed by atoms with E-state index in [0.29, 0.717) is 11.2 Å². The van der Waals surface area contributed by atoms with Crippen LogP contribution in [0.15, 0.2) is 12.3 Å². The fourth-order valence-corrected chi connectivity index (χ4v) is 2.94. The largest absolute Gasteiger partial charge is 0.478 e. The van der Waals surface area contributed by atoms with Crippen LogP contribution in [-0.2, 0) is 0 Å². The summed E-state index contributed by atoms with van der Waals surface area (Å²) in [6, 6.07) is 1.50. The highest BCUT2D eigenvalue weighted by Crippen LogP contribution is 2.40. The second-order valence-electron chi connectivity index (χ2n) is 5.27. The molecule has 1 fully saturated rings. The first-order chi connectivity index (χ1) is 9.06. The van der Waals surface area contributed by atoms with E-state index >= 15 is 0 Å². The molecular formula is C14H19ClN2O2. The Labute approximate surface area is 118 Å². The zero-order chi connectivity index (χ0) is 13.9. The summed E-state index contributed by atoms with van der Waals surface area (Å²) in [5.41, 5.74) is 0.432. The van der Waals surface area contributed by atoms with Gasteiger partial charge in [-0.3, -0.25) is 0 Å². The number of halogens is 1. The van der Waals surface area contributed by atoms with Crippen molar-refractivity contribution in [3.63, 3.8) is 0 Å². The third-order valence-electron chi connectivity index (χ3n) is 4.14. The van der Waals surface area contributed by atoms with Crippen LogP contribution < -0.4 is 5.32 Å². The van der Waals surface area contributed by atoms with Gasteiger partial charge in [0, 0.05) is 12.7 Å². The van der Waals surface area contributed by atoms with E-state index in [1.165, 1.54) is 37.9 Å². The van der Waals surface area contributed by atoms with Crippen LogP contribution in [0.1, 0.15) is 49.4 Å². The van der Waals surface area contributed by atoms with Crippen molar-refractivity contribution in [2.24, 2.45) is 5.41 Å². The number of rotatable bonds is 5. The average molecular weight is 283 g/mol. The van der Waals surface area contributed by atoms with E-state index in [4.69, 9.17) is 16.7 Å². The number of pyridine rings is 1. The first kappa shape index (κ1) is 14.1. The maximum absolute atomic E-state index is 11.0. The van der Waals surface area contributed by atoms with Gasteiger partial charge in [0.15, 0.2) is 0 Å². The van der Waals surface area contributed by atoms with Gasteiger partial charge in [0.1, 0.15) is 5.82 Å². The van der Waals surface area contributed by atoms with Gasteiger partial charge in [0.25, 0.3) is 0 Å². The number of nitrogens with zero attached hydrogens (tertiary/aromatic N) is 1. The van der Waals surface area contributed by atoms with E-state index in [2.05, 4.69) is 17.2 Å². The molecule has 1 aromatic heterocycles. The number of hydrogen-bond acceptors (Lipinski definition) is 3. The minimum Gasteiger partial charge on any atom is -0.478 e. The topological polar surface area (TPSA) is 62.2 Å². The van der Waals surface area contributed by atoms with Crippen LogP contribution in [-0.4, -0.2) is 22.6 Å². The molecular weight excluding hydrogens is 264 g/mol. The Bertz CT molecular complexity index is 471. The van der Waals surface area contributed by atoms with Crippen molar-refractivity contribution in [3.8, 4) is 0 Å². The van der Waals surface area contributed by atoms with E-state index in [-0.39, 0.29) is 10.6 Å². The predicted octanol–water partition coefficient (Wildman–Crippen LogP) is 3.82. The molecule has 1 saturated carbocycles. The monoisotopic (exact) mass is 282 g/mol. The molecule has 4 nitrogen and oxygen atoms in total. The quantitative estimate of drug-likeness (QED) is 0.862. The molecule has 0 saturated heterocycles. The lowest BCUT2D eigenvalue weighted by molar-refractivity contribution is 0.0697. The Morgan fingerprint density at radius 3 is 2.79 bits per heavy atom. The molecule has 1 aliphatic rings. The lowest BCUT2D eigenvalue weighted by Gasteiger charge is -2.28. The minimum absolute atomic E-state index is 0.0936. The summed E-state index contributed by atoms with van der Waals surface area (Å²) < 4.78 is 0. The molecule has 5 heteroatoms. The van der Waals surface area contributed by atoms with Crippen molar-refractivity contribution in [1.82, 2.24) is 4.98 Å². The number of nitrogens with one attached hydrogen (secondary N) is 1. The summed E-state index contributed by atoms with van der Waals surface area (Å²) in [5.74, 6) is -0.442. The van der Waals surface area contributed by atoms with Crippen LogP contribution in [0.25, 0.3) is 0 Å². The van der Waals surface area contributed by atoms with E-state index in [1.807, 2.05) is 0 Å². The first-order valence-electron chi connectivity index (χ1n) is 6.69. The molecule has 1 aromatic rings. The van der Waals surface area contributed by atoms with Crippen molar-refractivity contribution in [2.75, 3.05) is 11.9 Å². The van der Waals surface area contributed by atoms with Crippen LogP contribution >= 0.6 is 11.6 Å². The van der Waals surface area contributed by atoms with Crippen molar-refractivity contribution < 1.29 is 9.90 Å². The molecule has 1 aliphatic carbocycles. The molecule has 0 spiro atoms. The molecule has 0 radical (unpaired) electrons. The summed E-state index contributed by atoms with van der Waals surface area (Å²) in [6.45, 7) is 3.06. The van der Waals surface area contributed by atoms with Gasteiger partial charge in [-0.15, -0.1) is 0 Å². The number of carbonyl (C=O) groups is 1. The number of aromatic nitrogens is 1. The summed E-state index contributed by atoms with van der Waals surface area (Å²) >= 11 is 5.80. The molecule has 2 rings (SSSR count). The highest BCUT2D eigenvalue weighted by Gasteiger charge is 2.31. The summed E-state index contributed by atoms with van der Waals surface area (Å²) in [4.78, 5) is 15.2. The fourth-order valence-electron chi connectivity index (χ4n) is 2.76. The Hall–Kier alpha value is -1.29. The lowest BCUT2D eigenvalue weighted by Crippen LogP contribution is -2.26. The molecule has 1 heterocycles. The number of aromatic carboxylic acids is 1. The average Bonchev–Trinajstić information content (AvgIpc) is 2.87. The Morgan fingerprint density at radius 1 is 1.53 bits per heavy atom. The van der Waals surface area contributed by atoms with Gasteiger partial charge in [-0.25, -0.2) is 9.78 Å². The maximum atomic E-state index is 11.0. The van der Waals surface area contributed by atoms with E-state index in [9.17, 15) is 4.79 Å². The molecule has 0 amide bonds. The zero-order valence-corrected chi connectivity index (χ0v) is 11.8. The standard InChI is InChI=1S/C14H19ClN2O2/c1-2-14(5-3-4-6-14)9-17-12-7-10(13(18)19)11(15)8-16-12/h7-8H,2-6,9H2,1H3,(H,16,17)(H,18,19). The van der Waals surface area contributed by atoms with Crippen molar-refractivity contribution >= 4 is 23.4 Å². The van der Waals surface area contributed by atoms with Crippen LogP contribution in [0, 0.1) is 5.41 Å². The predicted molar refractivity (Wildman–Crippen MR) is 75.9 cm³/mol. The van der Waals surface area contributed by atoms with E-state index in [0.717, 1.165) is 13.0 Å². The third-order valence-corrected chi connectivity index (χ3v) is 4.45. The third kappa shape index (κ3) is 3.18. The first-order valence-corrected chi connectivity index (χ1v) is 7.07. The van der Waals surface area contributed by atoms with E-state index in [1.54, 1.807) is 0 Å². The van der Waals surface area contributed by atoms with E-state index < -0.39 is 5.97 Å². The lowest BCUT2D eigenvalue weighted by atomic mass is 9.83. The normalized spacial score (nSPS) is 17.4. The smallest absolute Gasteiger partial charge is 0.337 e. The Balaban J connectivity index is 2.07. The fraction of sp³-hybridized carbons (Fsp3) is 0.571. The van der Waals surface area contributed by atoms with Gasteiger partial charge in [-0.05, 0) is 30.7 Å². The number of carboxylic acid groups (broad SMARTS) is 1. The molecule has 0 bridgehead atoms. The van der Waals surface area contributed by atoms with Gasteiger partial charge in [-0.2, -0.15) is 0 Å². The van der Waals surface area contributed by atoms with Crippen molar-refractivity contribution in [3.05, 3.63) is 22.8 Å². The second-order valence-corrected chi connectivity index (χ2v) is 5.68. The highest BCUT2D eigenvalue weighted by atomic mass is 35.5. The minimum atomic E-state index is -1.03. The van der Waals surface area contributed by atoms with Gasteiger partial charge in [0.2, 0.25) is 0 Å². The maximum Gasteiger partial charge on any atom is 0.337 e. The van der Waals surface area contributed by atoms with Crippen LogP contribution in [0.5, 0.6) is 0 Å². The number of hydrogen-bond donors (Lipinski definition) is 2. The van der Waals surface area contributed by atoms with Crippen LogP contribution in [0.2, 0.25) is 5.02 Å². The van der Waals surface area contributed by atoms with Gasteiger partial charge < -0.3 is 10.4 Å². The Morgan fingerprint density at radius 2 is 2.21 bits per heavy atom. The summed E-state index contributed by atoms with van der Waals surface area (Å²) in [5, 5.41) is 12.5. The van der Waals surface area contributed by atoms with Crippen molar-refractivity contribution in [1.29, 1.82) is 0 Å². The second kappa shape index (κ2) is 5.78. The number of carboxylic acids is 1.